The molecule has 2 aromatic carbocycles. The fraction of sp³-hybridized carbons (Fsp3) is 0.267. The van der Waals surface area contributed by atoms with Gasteiger partial charge < -0.3 is 25.5 Å². The second kappa shape index (κ2) is 13.7. The minimum atomic E-state index is -1.13. The van der Waals surface area contributed by atoms with Crippen LogP contribution < -0.4 is 21.4 Å². The Bertz CT molecular complexity index is 1690. The molecule has 0 saturated heterocycles. The van der Waals surface area contributed by atoms with Crippen molar-refractivity contribution in [2.45, 2.75) is 32.7 Å². The highest BCUT2D eigenvalue weighted by Gasteiger charge is 2.27. The Labute approximate surface area is 253 Å². The lowest BCUT2D eigenvalue weighted by atomic mass is 9.89. The van der Waals surface area contributed by atoms with E-state index in [1.165, 1.54) is 6.07 Å². The molecular weight excluding hydrogens is 663 g/mol. The van der Waals surface area contributed by atoms with Gasteiger partial charge in [-0.1, -0.05) is 54.1 Å². The summed E-state index contributed by atoms with van der Waals surface area (Å²) in [6.45, 7) is 1.98. The van der Waals surface area contributed by atoms with Gasteiger partial charge in [-0.3, -0.25) is 19.2 Å². The Morgan fingerprint density at radius 1 is 0.952 bits per heavy atom. The quantitative estimate of drug-likeness (QED) is 0.0784. The van der Waals surface area contributed by atoms with Crippen molar-refractivity contribution in [1.82, 2.24) is 16.0 Å². The van der Waals surface area contributed by atoms with Crippen LogP contribution in [0.4, 0.5) is 8.78 Å². The molecule has 1 heterocycles. The Morgan fingerprint density at radius 2 is 1.69 bits per heavy atom. The first-order valence-electron chi connectivity index (χ1n) is 13.2. The largest absolute Gasteiger partial charge is 0.505 e. The first-order valence-corrected chi connectivity index (χ1v) is 14.8. The van der Waals surface area contributed by atoms with Gasteiger partial charge in [0.05, 0.1) is 16.5 Å². The van der Waals surface area contributed by atoms with Gasteiger partial charge in [-0.15, -0.1) is 0 Å². The highest BCUT2D eigenvalue weighted by atomic mass is 127. The molecule has 42 heavy (non-hydrogen) atoms. The standard InChI is InChI=1S/C30H28F2IN3O6/c1-2-3-8-25(38)34-9-10-35-30(41)17-7-5-4-6-16(17)27-18-11-21(31)23(37)13-24(18)42-29-19(27)12-22(32)28(40)20(29)15-36-26(39)14-33/h4-7,11-13,37H,2-3,8-10,14-15H2,1H3,(H,34,38)(H,35,41)(H,36,39). The van der Waals surface area contributed by atoms with E-state index in [1.54, 1.807) is 18.2 Å². The van der Waals surface area contributed by atoms with Gasteiger partial charge in [-0.2, -0.15) is 0 Å². The summed E-state index contributed by atoms with van der Waals surface area (Å²) in [5.41, 5.74) is -0.536. The number of hydrogen-bond acceptors (Lipinski definition) is 6. The van der Waals surface area contributed by atoms with E-state index in [4.69, 9.17) is 4.42 Å². The Balaban J connectivity index is 1.83. The number of unbranched alkanes of at least 4 members (excludes halogenated alkanes) is 1. The van der Waals surface area contributed by atoms with Gasteiger partial charge in [0.15, 0.2) is 17.4 Å². The van der Waals surface area contributed by atoms with Crippen LogP contribution in [-0.4, -0.2) is 40.3 Å². The smallest absolute Gasteiger partial charge is 0.251 e. The number of phenols is 1. The predicted octanol–water partition coefficient (Wildman–Crippen LogP) is 4.64. The predicted molar refractivity (Wildman–Crippen MR) is 162 cm³/mol. The Hall–Kier alpha value is -4.07. The third-order valence-corrected chi connectivity index (χ3v) is 7.29. The summed E-state index contributed by atoms with van der Waals surface area (Å²) in [6, 6.07) is 9.35. The van der Waals surface area contributed by atoms with Crippen molar-refractivity contribution >= 4 is 51.3 Å². The fourth-order valence-electron chi connectivity index (χ4n) is 4.53. The number of halogens is 3. The molecule has 9 nitrogen and oxygen atoms in total. The number of carbonyl (C=O) groups excluding carboxylic acids is 3. The molecule has 0 radical (unpaired) electrons. The van der Waals surface area contributed by atoms with E-state index in [0.29, 0.717) is 6.42 Å². The summed E-state index contributed by atoms with van der Waals surface area (Å²) in [5.74, 6) is -3.93. The number of aromatic hydroxyl groups is 1. The minimum absolute atomic E-state index is 0.0334. The van der Waals surface area contributed by atoms with Crippen LogP contribution in [-0.2, 0) is 16.1 Å². The third-order valence-electron chi connectivity index (χ3n) is 6.60. The van der Waals surface area contributed by atoms with Crippen molar-refractivity contribution in [2.75, 3.05) is 17.5 Å². The van der Waals surface area contributed by atoms with E-state index >= 15 is 4.39 Å². The van der Waals surface area contributed by atoms with Crippen LogP contribution in [0.15, 0.2) is 51.7 Å². The van der Waals surface area contributed by atoms with Gasteiger partial charge in [-0.05, 0) is 30.2 Å². The molecule has 2 aliphatic rings. The van der Waals surface area contributed by atoms with E-state index in [-0.39, 0.29) is 74.5 Å². The first kappa shape index (κ1) is 30.9. The van der Waals surface area contributed by atoms with Crippen LogP contribution in [0.3, 0.4) is 0 Å². The van der Waals surface area contributed by atoms with Crippen LogP contribution in [0.2, 0.25) is 0 Å². The average Bonchev–Trinajstić information content (AvgIpc) is 2.98. The normalized spacial score (nSPS) is 11.0. The molecule has 0 spiro atoms. The molecule has 1 aliphatic carbocycles. The molecule has 1 aliphatic heterocycles. The zero-order valence-electron chi connectivity index (χ0n) is 22.6. The topological polar surface area (TPSA) is 138 Å². The van der Waals surface area contributed by atoms with E-state index in [2.05, 4.69) is 16.0 Å². The SMILES string of the molecule is CCCCC(=O)NCCNC(=O)c1ccccc1-c1c2cc(F)c(=O)c(CNC(=O)CI)c-2oc2cc(O)c(F)cc12. The van der Waals surface area contributed by atoms with Gasteiger partial charge in [0.1, 0.15) is 11.3 Å². The second-order valence-corrected chi connectivity index (χ2v) is 10.2. The van der Waals surface area contributed by atoms with Crippen LogP contribution in [0.1, 0.15) is 42.1 Å². The number of alkyl halides is 1. The number of hydrogen-bond donors (Lipinski definition) is 4. The van der Waals surface area contributed by atoms with Crippen molar-refractivity contribution in [1.29, 1.82) is 0 Å². The number of carbonyl (C=O) groups is 3. The van der Waals surface area contributed by atoms with Gasteiger partial charge in [-0.25, -0.2) is 8.78 Å². The second-order valence-electron chi connectivity index (χ2n) is 9.48. The molecule has 2 aromatic rings. The number of amides is 3. The summed E-state index contributed by atoms with van der Waals surface area (Å²) in [4.78, 5) is 49.9. The lowest BCUT2D eigenvalue weighted by molar-refractivity contribution is -0.121. The lowest BCUT2D eigenvalue weighted by Crippen LogP contribution is -2.34. The highest BCUT2D eigenvalue weighted by molar-refractivity contribution is 14.1. The summed E-state index contributed by atoms with van der Waals surface area (Å²) >= 11 is 1.84. The number of rotatable bonds is 11. The van der Waals surface area contributed by atoms with Crippen LogP contribution in [0.25, 0.3) is 33.4 Å². The molecule has 0 atom stereocenters. The van der Waals surface area contributed by atoms with Gasteiger partial charge in [0, 0.05) is 47.7 Å². The summed E-state index contributed by atoms with van der Waals surface area (Å²) in [5, 5.41) is 18.2. The number of nitrogens with one attached hydrogen (secondary N) is 3. The summed E-state index contributed by atoms with van der Waals surface area (Å²) in [7, 11) is 0. The monoisotopic (exact) mass is 691 g/mol. The van der Waals surface area contributed by atoms with Crippen molar-refractivity contribution < 1.29 is 32.7 Å². The molecule has 0 fully saturated rings. The lowest BCUT2D eigenvalue weighted by Gasteiger charge is -2.20. The molecule has 4 N–H and O–H groups in total. The van der Waals surface area contributed by atoms with Gasteiger partial charge in [0.2, 0.25) is 17.2 Å². The summed E-state index contributed by atoms with van der Waals surface area (Å²) < 4.78 is 35.7. The molecule has 0 unspecified atom stereocenters. The number of fused-ring (bicyclic) bond motifs is 2. The van der Waals surface area contributed by atoms with E-state index < -0.39 is 34.6 Å². The Morgan fingerprint density at radius 3 is 2.43 bits per heavy atom. The minimum Gasteiger partial charge on any atom is -0.505 e. The van der Waals surface area contributed by atoms with Gasteiger partial charge in [0.25, 0.3) is 5.91 Å². The maximum absolute atomic E-state index is 15.1. The van der Waals surface area contributed by atoms with E-state index in [9.17, 15) is 28.7 Å². The fourth-order valence-corrected chi connectivity index (χ4v) is 4.80. The zero-order chi connectivity index (χ0) is 30.4. The average molecular weight is 691 g/mol. The maximum Gasteiger partial charge on any atom is 0.251 e. The van der Waals surface area contributed by atoms with Crippen molar-refractivity contribution in [3.63, 3.8) is 0 Å². The van der Waals surface area contributed by atoms with Crippen molar-refractivity contribution in [3.05, 3.63) is 75.4 Å². The molecule has 0 bridgehead atoms. The van der Waals surface area contributed by atoms with Crippen LogP contribution >= 0.6 is 22.6 Å². The number of phenolic OH excluding ortho intramolecular Hbond substituents is 1. The van der Waals surface area contributed by atoms with E-state index in [0.717, 1.165) is 31.0 Å². The molecule has 0 saturated carbocycles. The highest BCUT2D eigenvalue weighted by Crippen LogP contribution is 2.43. The molecular formula is C30H28F2IN3O6. The molecule has 4 rings (SSSR count). The van der Waals surface area contributed by atoms with Crippen LogP contribution in [0, 0.1) is 11.6 Å². The van der Waals surface area contributed by atoms with Crippen molar-refractivity contribution in [2.24, 2.45) is 0 Å². The molecule has 3 amide bonds. The van der Waals surface area contributed by atoms with Crippen molar-refractivity contribution in [3.8, 4) is 28.2 Å². The van der Waals surface area contributed by atoms with E-state index in [1.807, 2.05) is 29.5 Å². The summed E-state index contributed by atoms with van der Waals surface area (Å²) in [6.07, 6.45) is 2.04. The molecule has 220 valence electrons. The zero-order valence-corrected chi connectivity index (χ0v) is 24.8. The maximum atomic E-state index is 15.1. The first-order chi connectivity index (χ1) is 20.2. The van der Waals surface area contributed by atoms with Gasteiger partial charge >= 0.3 is 0 Å². The third kappa shape index (κ3) is 6.69. The number of benzene rings is 3. The molecule has 12 heteroatoms. The van der Waals surface area contributed by atoms with Crippen LogP contribution in [0.5, 0.6) is 5.75 Å². The molecule has 0 aromatic heterocycles. The Kier molecular flexibility index (Phi) is 10.1.